The number of ether oxygens (including phenoxy) is 3. The van der Waals surface area contributed by atoms with Crippen LogP contribution in [0.25, 0.3) is 0 Å². The minimum Gasteiger partial charge on any atom is -0.462 e. The average Bonchev–Trinajstić information content (AvgIpc) is 0.800. The van der Waals surface area contributed by atoms with Crippen molar-refractivity contribution < 1.29 is 76.5 Å². The van der Waals surface area contributed by atoms with E-state index in [-0.39, 0.29) is 75.0 Å². The number of likely N-dealkylation sites (N-methyl/N-ethyl adjacent to an activating group) is 8. The van der Waals surface area contributed by atoms with E-state index in [0.29, 0.717) is 6.42 Å². The van der Waals surface area contributed by atoms with Gasteiger partial charge in [-0.15, -0.1) is 0 Å². The first-order valence-electron chi connectivity index (χ1n) is 34.5. The van der Waals surface area contributed by atoms with Gasteiger partial charge in [0.15, 0.2) is 0 Å². The van der Waals surface area contributed by atoms with E-state index in [4.69, 9.17) is 14.2 Å². The van der Waals surface area contributed by atoms with E-state index in [1.54, 1.807) is 82.5 Å². The van der Waals surface area contributed by atoms with Crippen molar-refractivity contribution in [2.24, 2.45) is 41.4 Å². The van der Waals surface area contributed by atoms with Crippen LogP contribution in [0, 0.1) is 41.4 Å². The lowest BCUT2D eigenvalue weighted by Gasteiger charge is -2.42. The van der Waals surface area contributed by atoms with Gasteiger partial charge in [0.05, 0.1) is 19.2 Å². The highest BCUT2D eigenvalue weighted by Gasteiger charge is 2.47. The van der Waals surface area contributed by atoms with Crippen LogP contribution >= 0.6 is 0 Å². The van der Waals surface area contributed by atoms with Crippen molar-refractivity contribution in [3.63, 3.8) is 0 Å². The number of carbonyl (C=O) groups excluding carboxylic acids is 13. The Kier molecular flexibility index (Phi) is 40.1. The zero-order valence-corrected chi connectivity index (χ0v) is 64.4. The van der Waals surface area contributed by atoms with E-state index < -0.39 is 161 Å². The molecule has 0 unspecified atom stereocenters. The molecule has 0 radical (unpaired) electrons. The highest BCUT2D eigenvalue weighted by Crippen LogP contribution is 2.27. The summed E-state index contributed by atoms with van der Waals surface area (Å²) in [4.78, 5) is 192. The summed E-state index contributed by atoms with van der Waals surface area (Å²) in [7, 11) is 13.2. The van der Waals surface area contributed by atoms with Crippen molar-refractivity contribution in [1.29, 1.82) is 0 Å². The summed E-state index contributed by atoms with van der Waals surface area (Å²) in [6, 6.07) is -12.9. The first-order valence-corrected chi connectivity index (χ1v) is 34.5. The summed E-state index contributed by atoms with van der Waals surface area (Å²) in [5.74, 6) is -11.0. The van der Waals surface area contributed by atoms with Crippen LogP contribution in [-0.4, -0.2) is 267 Å². The van der Waals surface area contributed by atoms with Crippen LogP contribution in [0.4, 0.5) is 0 Å². The molecule has 0 heterocycles. The van der Waals surface area contributed by atoms with E-state index in [9.17, 15) is 47.9 Å². The van der Waals surface area contributed by atoms with Gasteiger partial charge in [-0.3, -0.25) is 57.5 Å². The Morgan fingerprint density at radius 2 is 0.918 bits per heavy atom. The molecule has 28 nitrogen and oxygen atoms in total. The molecule has 0 fully saturated rings. The van der Waals surface area contributed by atoms with Crippen LogP contribution < -0.4 is 26.6 Å². The topological polar surface area (TPSA) is 332 Å². The van der Waals surface area contributed by atoms with E-state index in [1.807, 2.05) is 47.6 Å². The third-order valence-corrected chi connectivity index (χ3v) is 17.7. The molecule has 0 saturated carbocycles. The lowest BCUT2D eigenvalue weighted by molar-refractivity contribution is -0.164. The fourth-order valence-corrected chi connectivity index (χ4v) is 11.6. The Morgan fingerprint density at radius 3 is 1.37 bits per heavy atom. The fraction of sp³-hybridized carbons (Fsp3) is 0.786. The van der Waals surface area contributed by atoms with Gasteiger partial charge in [0.25, 0.3) is 0 Å². The van der Waals surface area contributed by atoms with Gasteiger partial charge >= 0.3 is 11.9 Å². The van der Waals surface area contributed by atoms with E-state index >= 15 is 14.4 Å². The number of nitrogens with zero attached hydrogens (tertiary/aromatic N) is 7. The number of hydrogen-bond acceptors (Lipinski definition) is 17. The van der Waals surface area contributed by atoms with Crippen LogP contribution in [0.3, 0.4) is 0 Å². The van der Waals surface area contributed by atoms with Gasteiger partial charge in [-0.25, -0.2) is 4.79 Å². The largest absolute Gasteiger partial charge is 0.462 e. The molecular weight excluding hydrogens is 1260 g/mol. The zero-order chi connectivity index (χ0) is 76.2. The van der Waals surface area contributed by atoms with Gasteiger partial charge in [0.1, 0.15) is 73.1 Å². The maximum absolute atomic E-state index is 15.3. The quantitative estimate of drug-likeness (QED) is 0.0433. The van der Waals surface area contributed by atoms with Crippen molar-refractivity contribution in [2.45, 2.75) is 236 Å². The molecule has 11 amide bonds. The predicted octanol–water partition coefficient (Wildman–Crippen LogP) is 3.23. The van der Waals surface area contributed by atoms with Crippen LogP contribution in [0.1, 0.15) is 164 Å². The number of methoxy groups -OCH3 is 1. The van der Waals surface area contributed by atoms with Crippen molar-refractivity contribution in [3.8, 4) is 0 Å². The molecule has 14 atom stereocenters. The van der Waals surface area contributed by atoms with Crippen LogP contribution in [0.2, 0.25) is 0 Å². The van der Waals surface area contributed by atoms with Gasteiger partial charge in [-0.2, -0.15) is 0 Å². The summed E-state index contributed by atoms with van der Waals surface area (Å²) >= 11 is 0. The molecule has 0 rings (SSSR count). The summed E-state index contributed by atoms with van der Waals surface area (Å²) < 4.78 is 16.7. The molecule has 0 aromatic rings. The number of allylic oxidation sites excluding steroid dienone is 2. The predicted molar refractivity (Wildman–Crippen MR) is 375 cm³/mol. The number of nitrogens with one attached hydrogen (secondary N) is 5. The molecule has 0 aliphatic rings. The maximum atomic E-state index is 15.3. The number of esters is 2. The fourth-order valence-electron chi connectivity index (χ4n) is 11.6. The first kappa shape index (κ1) is 90.8. The van der Waals surface area contributed by atoms with Crippen LogP contribution in [0.5, 0.6) is 0 Å². The Morgan fingerprint density at radius 1 is 0.469 bits per heavy atom. The smallest absolute Gasteiger partial charge is 0.328 e. The number of amides is 11. The molecule has 0 aromatic heterocycles. The average molecular weight is 1390 g/mol. The van der Waals surface area contributed by atoms with Gasteiger partial charge < -0.3 is 75.1 Å². The molecule has 0 aliphatic carbocycles. The van der Waals surface area contributed by atoms with Crippen LogP contribution in [0.15, 0.2) is 12.2 Å². The van der Waals surface area contributed by atoms with E-state index in [1.165, 1.54) is 106 Å². The molecule has 5 N–H and O–H groups in total. The highest BCUT2D eigenvalue weighted by molar-refractivity contribution is 5.99. The molecule has 562 valence electrons. The maximum Gasteiger partial charge on any atom is 0.328 e. The van der Waals surface area contributed by atoms with Crippen molar-refractivity contribution in [3.05, 3.63) is 12.2 Å². The highest BCUT2D eigenvalue weighted by atomic mass is 16.5. The minimum absolute atomic E-state index is 0.0635. The Balaban J connectivity index is 7.19. The number of rotatable bonds is 42. The van der Waals surface area contributed by atoms with Crippen LogP contribution in [-0.2, 0) is 76.5 Å². The SMILES string of the molecule is C/C=C/C[C@@H](C)[C@@H](OC(C)=O)[C@@H](C(=O)N[C@@H](CC)C(=O)OCCN(C)C(C)=O)N(C)C(=O)[C@H](C(C)C)N(C)C(=O)[C@H](CC(C)C)N(C)C(=O)[C@H](CC(C)C)N(C)C(=O)[C@@H](C)NC(=O)[C@H](C)NC(=O)[C@H](CC(C)C)N(C)C(=O)[C@@H](NC(=O)[C@H]([C@@H](C)COC)N(C)C(=O)[C@H](C)NC)C(C)C. The van der Waals surface area contributed by atoms with Gasteiger partial charge in [-0.05, 0) is 102 Å². The minimum atomic E-state index is -1.56. The number of hydrogen-bond donors (Lipinski definition) is 5. The third-order valence-electron chi connectivity index (χ3n) is 17.7. The van der Waals surface area contributed by atoms with Crippen molar-refractivity contribution in [1.82, 2.24) is 60.9 Å². The molecule has 0 spiro atoms. The summed E-state index contributed by atoms with van der Waals surface area (Å²) in [6.07, 6.45) is 3.08. The molecule has 0 aromatic carbocycles. The van der Waals surface area contributed by atoms with Gasteiger partial charge in [0.2, 0.25) is 65.0 Å². The number of carbonyl (C=O) groups is 13. The standard InChI is InChI=1S/C70H126N12O16/c1-29-31-32-44(13)59(98-50(19)84)58(63(88)74-51(30-2)70(95)97-34-33-76(21)49(18)83)82(27)69(94)56(43(11)12)80(25)67(92)54(37-41(7)8)79(24)66(91)53(36-40(5)6)78(23)65(90)48(17)73-60(85)46(15)72-61(86)52(35-39(3)4)77(22)68(93)55(42(9)10)75-62(87)57(45(14)38-96-28)81(26)64(89)47(16)71-20/h29,31,39-48,51-59,71H,30,32-38H2,1-28H3,(H,72,86)(H,73,85)(H,74,88)(H,75,87)/b31-29+/t44-,45+,46+,47+,48-,51+,52+,53+,54+,55+,56+,57+,58+,59-/m1/s1. The van der Waals surface area contributed by atoms with E-state index in [0.717, 1.165) is 4.90 Å². The van der Waals surface area contributed by atoms with Gasteiger partial charge in [0, 0.05) is 76.2 Å². The molecule has 98 heavy (non-hydrogen) atoms. The Labute approximate surface area is 585 Å². The summed E-state index contributed by atoms with van der Waals surface area (Å²) in [6.45, 7) is 32.1. The second kappa shape index (κ2) is 43.3. The molecular formula is C70H126N12O16. The molecule has 0 aliphatic heterocycles. The normalized spacial score (nSPS) is 15.9. The van der Waals surface area contributed by atoms with Crippen molar-refractivity contribution in [2.75, 3.05) is 83.2 Å². The third kappa shape index (κ3) is 27.5. The molecule has 28 heteroatoms. The zero-order valence-electron chi connectivity index (χ0n) is 64.4. The second-order valence-corrected chi connectivity index (χ2v) is 28.3. The van der Waals surface area contributed by atoms with Crippen molar-refractivity contribution >= 4 is 76.9 Å². The summed E-state index contributed by atoms with van der Waals surface area (Å²) in [5.41, 5.74) is 0. The Bertz CT molecular complexity index is 2690. The summed E-state index contributed by atoms with van der Waals surface area (Å²) in [5, 5.41) is 13.8. The monoisotopic (exact) mass is 1390 g/mol. The Hall–Kier alpha value is -7.23. The second-order valence-electron chi connectivity index (χ2n) is 28.3. The molecule has 0 bridgehead atoms. The first-order chi connectivity index (χ1) is 45.3. The lowest BCUT2D eigenvalue weighted by Crippen LogP contribution is -2.63. The lowest BCUT2D eigenvalue weighted by atomic mass is 9.91. The van der Waals surface area contributed by atoms with E-state index in [2.05, 4.69) is 26.6 Å². The molecule has 0 saturated heterocycles. The van der Waals surface area contributed by atoms with Gasteiger partial charge in [-0.1, -0.05) is 102 Å².